The largest absolute Gasteiger partial charge is 0.243 e. The lowest BCUT2D eigenvalue weighted by Crippen LogP contribution is -1.92. The average Bonchev–Trinajstić information content (AvgIpc) is 2.50. The van der Waals surface area contributed by atoms with Crippen molar-refractivity contribution in [2.45, 2.75) is 6.42 Å². The third-order valence-electron chi connectivity index (χ3n) is 0.890. The van der Waals surface area contributed by atoms with Crippen LogP contribution >= 0.6 is 12.0 Å². The zero-order chi connectivity index (χ0) is 7.94. The van der Waals surface area contributed by atoms with Crippen LogP contribution in [0.5, 0.6) is 0 Å². The number of aryl methyl sites for hydroxylation is 1. The van der Waals surface area contributed by atoms with E-state index >= 15 is 0 Å². The molecular formula is C3H6N4O3S. The first-order valence-corrected chi connectivity index (χ1v) is 3.67. The van der Waals surface area contributed by atoms with Gasteiger partial charge in [-0.05, 0) is 10.4 Å². The molecule has 1 heterocycles. The van der Waals surface area contributed by atoms with E-state index in [0.29, 0.717) is 18.0 Å². The average molecular weight is 178 g/mol. The highest BCUT2D eigenvalue weighted by atomic mass is 32.2. The highest BCUT2D eigenvalue weighted by molar-refractivity contribution is 7.94. The maximum Gasteiger partial charge on any atom is 0.149 e. The van der Waals surface area contributed by atoms with Gasteiger partial charge in [0.2, 0.25) is 0 Å². The van der Waals surface area contributed by atoms with Crippen LogP contribution in [0.1, 0.15) is 5.82 Å². The van der Waals surface area contributed by atoms with Crippen molar-refractivity contribution in [2.24, 2.45) is 0 Å². The minimum atomic E-state index is 0.595. The fraction of sp³-hybridized carbons (Fsp3) is 0.667. The van der Waals surface area contributed by atoms with E-state index in [-0.39, 0.29) is 0 Å². The SMILES string of the molecule is OOOSCCc1nnn[nH]1. The highest BCUT2D eigenvalue weighted by Crippen LogP contribution is 2.03. The minimum absolute atomic E-state index is 0.595. The Morgan fingerprint density at radius 2 is 2.55 bits per heavy atom. The summed E-state index contributed by atoms with van der Waals surface area (Å²) in [5.74, 6) is 1.26. The minimum Gasteiger partial charge on any atom is -0.243 e. The predicted molar refractivity (Wildman–Crippen MR) is 35.1 cm³/mol. The molecule has 0 aliphatic carbocycles. The van der Waals surface area contributed by atoms with Crippen molar-refractivity contribution in [3.05, 3.63) is 5.82 Å². The maximum atomic E-state index is 7.73. The van der Waals surface area contributed by atoms with E-state index in [4.69, 9.17) is 5.26 Å². The molecule has 0 saturated carbocycles. The van der Waals surface area contributed by atoms with Crippen molar-refractivity contribution in [3.8, 4) is 0 Å². The third-order valence-corrected chi connectivity index (χ3v) is 1.42. The van der Waals surface area contributed by atoms with E-state index in [2.05, 4.69) is 30.0 Å². The summed E-state index contributed by atoms with van der Waals surface area (Å²) in [5.41, 5.74) is 0. The molecule has 0 radical (unpaired) electrons. The summed E-state index contributed by atoms with van der Waals surface area (Å²) in [6, 6.07) is 0. The van der Waals surface area contributed by atoms with Gasteiger partial charge in [0, 0.05) is 24.2 Å². The Balaban J connectivity index is 2.04. The van der Waals surface area contributed by atoms with E-state index < -0.39 is 0 Å². The molecule has 0 atom stereocenters. The molecule has 0 aromatic carbocycles. The van der Waals surface area contributed by atoms with Crippen molar-refractivity contribution >= 4 is 12.0 Å². The van der Waals surface area contributed by atoms with Gasteiger partial charge in [0.05, 0.1) is 0 Å². The first-order chi connectivity index (χ1) is 5.43. The first-order valence-electron chi connectivity index (χ1n) is 2.76. The lowest BCUT2D eigenvalue weighted by molar-refractivity contribution is -0.432. The Kier molecular flexibility index (Phi) is 3.83. The summed E-state index contributed by atoms with van der Waals surface area (Å²) >= 11 is 0.964. The van der Waals surface area contributed by atoms with Crippen LogP contribution in [0.2, 0.25) is 0 Å². The zero-order valence-electron chi connectivity index (χ0n) is 5.43. The number of aromatic nitrogens is 4. The van der Waals surface area contributed by atoms with Gasteiger partial charge >= 0.3 is 0 Å². The van der Waals surface area contributed by atoms with Gasteiger partial charge in [0.25, 0.3) is 0 Å². The van der Waals surface area contributed by atoms with Crippen molar-refractivity contribution in [1.82, 2.24) is 20.6 Å². The van der Waals surface area contributed by atoms with Crippen LogP contribution in [-0.4, -0.2) is 31.6 Å². The highest BCUT2D eigenvalue weighted by Gasteiger charge is 1.96. The molecule has 0 aliphatic rings. The van der Waals surface area contributed by atoms with Crippen LogP contribution in [0.25, 0.3) is 0 Å². The standard InChI is InChI=1S/C3H6N4O3S/c8-9-10-11-2-1-3-4-6-7-5-3/h8H,1-2H2,(H,4,5,6,7). The van der Waals surface area contributed by atoms with Gasteiger partial charge in [-0.15, -0.1) is 9.43 Å². The lowest BCUT2D eigenvalue weighted by atomic mass is 10.5. The molecule has 62 valence electrons. The molecule has 7 nitrogen and oxygen atoms in total. The van der Waals surface area contributed by atoms with E-state index in [1.165, 1.54) is 0 Å². The van der Waals surface area contributed by atoms with E-state index in [1.54, 1.807) is 0 Å². The number of tetrazole rings is 1. The van der Waals surface area contributed by atoms with Gasteiger partial charge in [0.1, 0.15) is 5.82 Å². The molecule has 0 saturated heterocycles. The summed E-state index contributed by atoms with van der Waals surface area (Å²) in [6.45, 7) is 0. The van der Waals surface area contributed by atoms with Crippen LogP contribution < -0.4 is 0 Å². The Bertz CT molecular complexity index is 181. The number of nitrogens with zero attached hydrogens (tertiary/aromatic N) is 3. The van der Waals surface area contributed by atoms with E-state index in [9.17, 15) is 0 Å². The molecule has 8 heteroatoms. The molecule has 1 aromatic heterocycles. The predicted octanol–water partition coefficient (Wildman–Crippen LogP) is -0.188. The molecule has 0 amide bonds. The maximum absolute atomic E-state index is 7.73. The van der Waals surface area contributed by atoms with Crippen LogP contribution in [0, 0.1) is 0 Å². The molecule has 0 unspecified atom stereocenters. The third kappa shape index (κ3) is 3.28. The number of hydrogen-bond acceptors (Lipinski definition) is 7. The molecule has 0 spiro atoms. The van der Waals surface area contributed by atoms with Gasteiger partial charge in [-0.2, -0.15) is 0 Å². The molecule has 2 N–H and O–H groups in total. The summed E-state index contributed by atoms with van der Waals surface area (Å²) in [5, 5.41) is 24.0. The quantitative estimate of drug-likeness (QED) is 0.279. The summed E-state index contributed by atoms with van der Waals surface area (Å²) in [6.07, 6.45) is 0.626. The van der Waals surface area contributed by atoms with Crippen molar-refractivity contribution < 1.29 is 14.6 Å². The summed E-state index contributed by atoms with van der Waals surface area (Å²) in [4.78, 5) is 0. The van der Waals surface area contributed by atoms with E-state index in [1.807, 2.05) is 0 Å². The number of rotatable bonds is 5. The van der Waals surface area contributed by atoms with Crippen molar-refractivity contribution in [1.29, 1.82) is 0 Å². The molecule has 0 fully saturated rings. The van der Waals surface area contributed by atoms with Crippen molar-refractivity contribution in [3.63, 3.8) is 0 Å². The second-order valence-corrected chi connectivity index (χ2v) is 2.34. The second-order valence-electron chi connectivity index (χ2n) is 1.56. The lowest BCUT2D eigenvalue weighted by Gasteiger charge is -1.92. The fourth-order valence-electron chi connectivity index (χ4n) is 0.479. The molecule has 0 bridgehead atoms. The molecule has 1 aromatic rings. The van der Waals surface area contributed by atoms with Crippen LogP contribution in [0.15, 0.2) is 0 Å². The molecule has 1 rings (SSSR count). The molecule has 11 heavy (non-hydrogen) atoms. The van der Waals surface area contributed by atoms with E-state index in [0.717, 1.165) is 12.0 Å². The number of nitrogens with one attached hydrogen (secondary N) is 1. The topological polar surface area (TPSA) is 93.2 Å². The smallest absolute Gasteiger partial charge is 0.149 e. The van der Waals surface area contributed by atoms with Gasteiger partial charge in [0.15, 0.2) is 0 Å². The Morgan fingerprint density at radius 3 is 3.18 bits per heavy atom. The van der Waals surface area contributed by atoms with Gasteiger partial charge in [-0.3, -0.25) is 0 Å². The molecular weight excluding hydrogens is 172 g/mol. The Morgan fingerprint density at radius 1 is 1.64 bits per heavy atom. The van der Waals surface area contributed by atoms with Crippen LogP contribution in [-0.2, 0) is 15.8 Å². The number of hydrogen-bond donors (Lipinski definition) is 2. The van der Waals surface area contributed by atoms with Crippen molar-refractivity contribution in [2.75, 3.05) is 5.75 Å². The molecule has 0 aliphatic heterocycles. The first kappa shape index (κ1) is 8.40. The van der Waals surface area contributed by atoms with Crippen LogP contribution in [0.4, 0.5) is 0 Å². The Labute approximate surface area is 66.1 Å². The number of H-pyrrole nitrogens is 1. The van der Waals surface area contributed by atoms with Gasteiger partial charge < -0.3 is 0 Å². The monoisotopic (exact) mass is 178 g/mol. The van der Waals surface area contributed by atoms with Gasteiger partial charge in [-0.25, -0.2) is 10.4 Å². The fourth-order valence-corrected chi connectivity index (χ4v) is 0.866. The normalized spacial score (nSPS) is 10.3. The number of aromatic amines is 1. The van der Waals surface area contributed by atoms with Gasteiger partial charge in [-0.1, -0.05) is 5.04 Å². The summed E-state index contributed by atoms with van der Waals surface area (Å²) in [7, 11) is 0. The zero-order valence-corrected chi connectivity index (χ0v) is 6.24. The van der Waals surface area contributed by atoms with Crippen LogP contribution in [0.3, 0.4) is 0 Å². The summed E-state index contributed by atoms with van der Waals surface area (Å²) < 4.78 is 4.12. The Hall–Kier alpha value is -0.700. The second kappa shape index (κ2) is 5.02.